The van der Waals surface area contributed by atoms with Gasteiger partial charge in [-0.05, 0) is 11.6 Å². The molecule has 2 aromatic rings. The van der Waals surface area contributed by atoms with Crippen molar-refractivity contribution >= 4 is 11.8 Å². The summed E-state index contributed by atoms with van der Waals surface area (Å²) in [6.07, 6.45) is 0. The summed E-state index contributed by atoms with van der Waals surface area (Å²) in [7, 11) is 1.23. The molecule has 1 unspecified atom stereocenters. The van der Waals surface area contributed by atoms with E-state index in [1.807, 2.05) is 12.1 Å². The maximum Gasteiger partial charge on any atom is 0.327 e. The Hall–Kier alpha value is -2.93. The van der Waals surface area contributed by atoms with E-state index in [1.165, 1.54) is 7.11 Å². The van der Waals surface area contributed by atoms with E-state index < -0.39 is 11.9 Å². The summed E-state index contributed by atoms with van der Waals surface area (Å²) in [5.41, 5.74) is 1.44. The number of benzene rings is 2. The van der Waals surface area contributed by atoms with Crippen molar-refractivity contribution in [1.29, 1.82) is 5.26 Å². The number of hydrogen-bond donors (Lipinski definition) is 0. The molecule has 0 fully saturated rings. The number of nitriles is 1. The van der Waals surface area contributed by atoms with Crippen LogP contribution >= 0.6 is 0 Å². The minimum atomic E-state index is -1.03. The van der Waals surface area contributed by atoms with Gasteiger partial charge in [-0.15, -0.1) is 0 Å². The summed E-state index contributed by atoms with van der Waals surface area (Å²) in [6, 6.07) is 17.2. The van der Waals surface area contributed by atoms with Crippen molar-refractivity contribution in [3.63, 3.8) is 0 Å². The van der Waals surface area contributed by atoms with Crippen LogP contribution in [-0.2, 0) is 9.53 Å². The van der Waals surface area contributed by atoms with Crippen LogP contribution in [0.3, 0.4) is 0 Å². The van der Waals surface area contributed by atoms with E-state index in [9.17, 15) is 9.59 Å². The molecule has 0 saturated heterocycles. The van der Waals surface area contributed by atoms with E-state index in [4.69, 9.17) is 5.26 Å². The van der Waals surface area contributed by atoms with Crippen LogP contribution in [0, 0.1) is 11.3 Å². The predicted octanol–water partition coefficient (Wildman–Crippen LogP) is 2.70. The second kappa shape index (κ2) is 6.49. The van der Waals surface area contributed by atoms with Crippen LogP contribution in [0.15, 0.2) is 54.6 Å². The van der Waals surface area contributed by atoms with Gasteiger partial charge < -0.3 is 4.74 Å². The average molecular weight is 279 g/mol. The SMILES string of the molecule is COC(=O)C(C#N)c1cccc(C(=O)c2ccccc2)c1. The van der Waals surface area contributed by atoms with Gasteiger partial charge in [0.25, 0.3) is 0 Å². The van der Waals surface area contributed by atoms with Crippen molar-refractivity contribution in [3.05, 3.63) is 71.3 Å². The third-order valence-corrected chi connectivity index (χ3v) is 3.08. The molecule has 4 heteroatoms. The molecule has 21 heavy (non-hydrogen) atoms. The maximum atomic E-state index is 12.3. The quantitative estimate of drug-likeness (QED) is 0.637. The van der Waals surface area contributed by atoms with Crippen molar-refractivity contribution in [2.75, 3.05) is 7.11 Å². The van der Waals surface area contributed by atoms with Gasteiger partial charge in [-0.25, -0.2) is 0 Å². The first-order valence-corrected chi connectivity index (χ1v) is 6.34. The number of methoxy groups -OCH3 is 1. The van der Waals surface area contributed by atoms with Crippen LogP contribution in [0.1, 0.15) is 27.4 Å². The molecule has 0 saturated carbocycles. The zero-order valence-electron chi connectivity index (χ0n) is 11.4. The number of hydrogen-bond acceptors (Lipinski definition) is 4. The number of carbonyl (C=O) groups excluding carboxylic acids is 2. The van der Waals surface area contributed by atoms with Crippen LogP contribution in [0.5, 0.6) is 0 Å². The van der Waals surface area contributed by atoms with Gasteiger partial charge in [0.2, 0.25) is 0 Å². The van der Waals surface area contributed by atoms with E-state index in [-0.39, 0.29) is 5.78 Å². The Balaban J connectivity index is 2.36. The zero-order valence-corrected chi connectivity index (χ0v) is 11.4. The Bertz CT molecular complexity index is 701. The summed E-state index contributed by atoms with van der Waals surface area (Å²) in [6.45, 7) is 0. The number of ether oxygens (including phenoxy) is 1. The molecule has 0 spiro atoms. The number of nitrogens with zero attached hydrogens (tertiary/aromatic N) is 1. The van der Waals surface area contributed by atoms with E-state index in [0.717, 1.165) is 0 Å². The molecule has 1 atom stereocenters. The maximum absolute atomic E-state index is 12.3. The molecule has 0 amide bonds. The van der Waals surface area contributed by atoms with Crippen molar-refractivity contribution < 1.29 is 14.3 Å². The lowest BCUT2D eigenvalue weighted by atomic mass is 9.95. The van der Waals surface area contributed by atoms with Crippen molar-refractivity contribution in [3.8, 4) is 6.07 Å². The lowest BCUT2D eigenvalue weighted by Gasteiger charge is -2.09. The second-order valence-corrected chi connectivity index (χ2v) is 4.41. The summed E-state index contributed by atoms with van der Waals surface area (Å²) in [4.78, 5) is 23.9. The van der Waals surface area contributed by atoms with Gasteiger partial charge in [-0.3, -0.25) is 9.59 Å². The molecule has 0 aliphatic rings. The first-order valence-electron chi connectivity index (χ1n) is 6.34. The smallest absolute Gasteiger partial charge is 0.327 e. The highest BCUT2D eigenvalue weighted by atomic mass is 16.5. The minimum absolute atomic E-state index is 0.154. The van der Waals surface area contributed by atoms with Gasteiger partial charge in [-0.1, -0.05) is 48.5 Å². The third-order valence-electron chi connectivity index (χ3n) is 3.08. The lowest BCUT2D eigenvalue weighted by molar-refractivity contribution is -0.141. The van der Waals surface area contributed by atoms with Gasteiger partial charge >= 0.3 is 5.97 Å². The van der Waals surface area contributed by atoms with Crippen molar-refractivity contribution in [1.82, 2.24) is 0 Å². The number of rotatable bonds is 4. The molecule has 0 N–H and O–H groups in total. The summed E-state index contributed by atoms with van der Waals surface area (Å²) < 4.78 is 4.60. The molecule has 0 heterocycles. The second-order valence-electron chi connectivity index (χ2n) is 4.41. The van der Waals surface area contributed by atoms with Gasteiger partial charge in [0.1, 0.15) is 0 Å². The lowest BCUT2D eigenvalue weighted by Crippen LogP contribution is -2.13. The highest BCUT2D eigenvalue weighted by Crippen LogP contribution is 2.19. The summed E-state index contributed by atoms with van der Waals surface area (Å²) >= 11 is 0. The number of carbonyl (C=O) groups is 2. The van der Waals surface area contributed by atoms with Gasteiger partial charge in [-0.2, -0.15) is 5.26 Å². The molecular formula is C17H13NO3. The molecule has 0 aromatic heterocycles. The van der Waals surface area contributed by atoms with Crippen LogP contribution < -0.4 is 0 Å². The van der Waals surface area contributed by atoms with Crippen LogP contribution in [-0.4, -0.2) is 18.9 Å². The molecular weight excluding hydrogens is 266 g/mol. The number of esters is 1. The monoisotopic (exact) mass is 279 g/mol. The first kappa shape index (κ1) is 14.5. The van der Waals surface area contributed by atoms with Crippen molar-refractivity contribution in [2.45, 2.75) is 5.92 Å². The van der Waals surface area contributed by atoms with Crippen molar-refractivity contribution in [2.24, 2.45) is 0 Å². The first-order chi connectivity index (χ1) is 10.2. The molecule has 0 bridgehead atoms. The molecule has 2 aromatic carbocycles. The molecule has 4 nitrogen and oxygen atoms in total. The third kappa shape index (κ3) is 3.15. The van der Waals surface area contributed by atoms with Gasteiger partial charge in [0.05, 0.1) is 13.2 Å². The molecule has 0 aliphatic heterocycles. The zero-order chi connectivity index (χ0) is 15.2. The highest BCUT2D eigenvalue weighted by Gasteiger charge is 2.22. The van der Waals surface area contributed by atoms with E-state index in [2.05, 4.69) is 4.74 Å². The molecule has 104 valence electrons. The van der Waals surface area contributed by atoms with E-state index in [0.29, 0.717) is 16.7 Å². The Morgan fingerprint density at radius 1 is 1.05 bits per heavy atom. The fourth-order valence-electron chi connectivity index (χ4n) is 2.00. The van der Waals surface area contributed by atoms with Crippen LogP contribution in [0.4, 0.5) is 0 Å². The molecule has 2 rings (SSSR count). The molecule has 0 radical (unpaired) electrons. The standard InChI is InChI=1S/C17H13NO3/c1-21-17(20)15(11-18)13-8-5-9-14(10-13)16(19)12-6-3-2-4-7-12/h2-10,15H,1H3. The Morgan fingerprint density at radius 2 is 1.71 bits per heavy atom. The van der Waals surface area contributed by atoms with Crippen LogP contribution in [0.2, 0.25) is 0 Å². The van der Waals surface area contributed by atoms with E-state index in [1.54, 1.807) is 48.5 Å². The largest absolute Gasteiger partial charge is 0.468 e. The Kier molecular flexibility index (Phi) is 4.47. The Labute approximate surface area is 122 Å². The number of ketones is 1. The predicted molar refractivity (Wildman–Crippen MR) is 76.7 cm³/mol. The van der Waals surface area contributed by atoms with Crippen LogP contribution in [0.25, 0.3) is 0 Å². The molecule has 0 aliphatic carbocycles. The fraction of sp³-hybridized carbons (Fsp3) is 0.118. The highest BCUT2D eigenvalue weighted by molar-refractivity contribution is 6.09. The minimum Gasteiger partial charge on any atom is -0.468 e. The topological polar surface area (TPSA) is 67.2 Å². The van der Waals surface area contributed by atoms with Gasteiger partial charge in [0.15, 0.2) is 11.7 Å². The normalized spacial score (nSPS) is 11.2. The summed E-state index contributed by atoms with van der Waals surface area (Å²) in [5.74, 6) is -1.82. The fourth-order valence-corrected chi connectivity index (χ4v) is 2.00. The average Bonchev–Trinajstić information content (AvgIpc) is 2.55. The van der Waals surface area contributed by atoms with Gasteiger partial charge in [0, 0.05) is 11.1 Å². The summed E-state index contributed by atoms with van der Waals surface area (Å²) in [5, 5.41) is 9.09. The van der Waals surface area contributed by atoms with E-state index >= 15 is 0 Å². The Morgan fingerprint density at radius 3 is 2.33 bits per heavy atom.